The molecule has 0 amide bonds. The molecule has 0 fully saturated rings. The molecule has 0 radical (unpaired) electrons. The van der Waals surface area contributed by atoms with E-state index in [4.69, 9.17) is 0 Å². The summed E-state index contributed by atoms with van der Waals surface area (Å²) in [5, 5.41) is 2.89. The number of nitrogens with zero attached hydrogens (tertiary/aromatic N) is 3. The van der Waals surface area contributed by atoms with E-state index in [2.05, 4.69) is 15.1 Å². The smallest absolute Gasteiger partial charge is 0.187 e. The van der Waals surface area contributed by atoms with Crippen molar-refractivity contribution < 1.29 is 4.79 Å². The number of ketones is 1. The summed E-state index contributed by atoms with van der Waals surface area (Å²) in [6.45, 7) is 0. The lowest BCUT2D eigenvalue weighted by atomic mass is 10.0. The first kappa shape index (κ1) is 9.77. The van der Waals surface area contributed by atoms with Gasteiger partial charge in [0.15, 0.2) is 5.78 Å². The van der Waals surface area contributed by atoms with Gasteiger partial charge in [0.1, 0.15) is 17.1 Å². The SMILES string of the molecule is O=NC1=CCC(=O)c2nc3ccccc3nc21. The molecule has 1 heterocycles. The molecule has 3 rings (SSSR count). The molecule has 0 bridgehead atoms. The lowest BCUT2D eigenvalue weighted by Crippen LogP contribution is -2.12. The molecule has 0 atom stereocenters. The number of para-hydroxylation sites is 2. The van der Waals surface area contributed by atoms with Gasteiger partial charge in [0.05, 0.1) is 11.0 Å². The van der Waals surface area contributed by atoms with E-state index in [0.29, 0.717) is 11.0 Å². The van der Waals surface area contributed by atoms with E-state index in [1.54, 1.807) is 12.1 Å². The predicted octanol–water partition coefficient (Wildman–Crippen LogP) is 2.32. The first-order valence-corrected chi connectivity index (χ1v) is 5.13. The Morgan fingerprint density at radius 2 is 1.71 bits per heavy atom. The Morgan fingerprint density at radius 1 is 1.06 bits per heavy atom. The van der Waals surface area contributed by atoms with Crippen molar-refractivity contribution in [2.24, 2.45) is 5.18 Å². The topological polar surface area (TPSA) is 72.3 Å². The molecule has 0 aliphatic heterocycles. The number of aromatic nitrogens is 2. The monoisotopic (exact) mass is 225 g/mol. The summed E-state index contributed by atoms with van der Waals surface area (Å²) in [5.74, 6) is -0.134. The molecule has 1 aliphatic carbocycles. The molecule has 0 saturated carbocycles. The zero-order chi connectivity index (χ0) is 11.8. The zero-order valence-electron chi connectivity index (χ0n) is 8.75. The summed E-state index contributed by atoms with van der Waals surface area (Å²) in [6, 6.07) is 7.21. The van der Waals surface area contributed by atoms with Crippen LogP contribution < -0.4 is 0 Å². The Balaban J connectivity index is 2.37. The molecular weight excluding hydrogens is 218 g/mol. The summed E-state index contributed by atoms with van der Waals surface area (Å²) in [7, 11) is 0. The summed E-state index contributed by atoms with van der Waals surface area (Å²) in [6.07, 6.45) is 1.64. The number of nitroso groups, excluding NO2 is 1. The summed E-state index contributed by atoms with van der Waals surface area (Å²) in [4.78, 5) is 30.9. The lowest BCUT2D eigenvalue weighted by Gasteiger charge is -2.10. The van der Waals surface area contributed by atoms with Crippen LogP contribution in [-0.4, -0.2) is 15.8 Å². The van der Waals surface area contributed by atoms with Gasteiger partial charge in [-0.2, -0.15) is 0 Å². The van der Waals surface area contributed by atoms with Gasteiger partial charge in [-0.25, -0.2) is 9.97 Å². The van der Waals surface area contributed by atoms with E-state index in [1.165, 1.54) is 6.08 Å². The first-order valence-electron chi connectivity index (χ1n) is 5.13. The number of Topliss-reactive ketones (excluding diaryl/α,β-unsaturated/α-hetero) is 1. The van der Waals surface area contributed by atoms with Crippen LogP contribution >= 0.6 is 0 Å². The summed E-state index contributed by atoms with van der Waals surface area (Å²) < 4.78 is 0. The fraction of sp³-hybridized carbons (Fsp3) is 0.0833. The third-order valence-electron chi connectivity index (χ3n) is 2.66. The van der Waals surface area contributed by atoms with Gasteiger partial charge in [0, 0.05) is 6.42 Å². The van der Waals surface area contributed by atoms with Crippen LogP contribution in [0.3, 0.4) is 0 Å². The zero-order valence-corrected chi connectivity index (χ0v) is 8.75. The van der Waals surface area contributed by atoms with Gasteiger partial charge in [-0.3, -0.25) is 4.79 Å². The third kappa shape index (κ3) is 1.44. The van der Waals surface area contributed by atoms with Gasteiger partial charge < -0.3 is 0 Å². The van der Waals surface area contributed by atoms with E-state index in [9.17, 15) is 9.70 Å². The number of hydrogen-bond acceptors (Lipinski definition) is 5. The van der Waals surface area contributed by atoms with Crippen LogP contribution in [0.15, 0.2) is 35.5 Å². The molecular formula is C12H7N3O2. The minimum absolute atomic E-state index is 0.134. The molecule has 1 aromatic carbocycles. The highest BCUT2D eigenvalue weighted by Crippen LogP contribution is 2.26. The highest BCUT2D eigenvalue weighted by Gasteiger charge is 2.23. The van der Waals surface area contributed by atoms with Crippen LogP contribution in [0.5, 0.6) is 0 Å². The van der Waals surface area contributed by atoms with Gasteiger partial charge in [-0.05, 0) is 23.4 Å². The Hall–Kier alpha value is -2.43. The highest BCUT2D eigenvalue weighted by atomic mass is 16.3. The second kappa shape index (κ2) is 3.55. The van der Waals surface area contributed by atoms with Gasteiger partial charge in [0.25, 0.3) is 0 Å². The Morgan fingerprint density at radius 3 is 2.35 bits per heavy atom. The van der Waals surface area contributed by atoms with Crippen molar-refractivity contribution >= 4 is 22.5 Å². The molecule has 0 saturated heterocycles. The van der Waals surface area contributed by atoms with Gasteiger partial charge in [0.2, 0.25) is 0 Å². The van der Waals surface area contributed by atoms with Gasteiger partial charge in [-0.15, -0.1) is 4.91 Å². The van der Waals surface area contributed by atoms with Crippen LogP contribution in [0, 0.1) is 4.91 Å². The molecule has 2 aromatic rings. The number of benzene rings is 1. The largest absolute Gasteiger partial charge is 0.292 e. The number of fused-ring (bicyclic) bond motifs is 2. The maximum absolute atomic E-state index is 11.7. The van der Waals surface area contributed by atoms with Crippen LogP contribution in [0.2, 0.25) is 0 Å². The van der Waals surface area contributed by atoms with E-state index < -0.39 is 0 Å². The minimum atomic E-state index is -0.134. The Bertz CT molecular complexity index is 677. The number of hydrogen-bond donors (Lipinski definition) is 0. The average Bonchev–Trinajstić information content (AvgIpc) is 2.38. The van der Waals surface area contributed by atoms with Crippen molar-refractivity contribution in [2.75, 3.05) is 0 Å². The number of rotatable bonds is 1. The normalized spacial score (nSPS) is 14.4. The van der Waals surface area contributed by atoms with Crippen molar-refractivity contribution in [3.8, 4) is 0 Å². The molecule has 0 spiro atoms. The van der Waals surface area contributed by atoms with E-state index >= 15 is 0 Å². The summed E-state index contributed by atoms with van der Waals surface area (Å²) >= 11 is 0. The van der Waals surface area contributed by atoms with Crippen molar-refractivity contribution in [1.29, 1.82) is 0 Å². The molecule has 5 nitrogen and oxygen atoms in total. The van der Waals surface area contributed by atoms with Gasteiger partial charge >= 0.3 is 0 Å². The number of carbonyl (C=O) groups is 1. The number of carbonyl (C=O) groups excluding carboxylic acids is 1. The van der Waals surface area contributed by atoms with Crippen molar-refractivity contribution in [2.45, 2.75) is 6.42 Å². The standard InChI is InChI=1S/C12H7N3O2/c16-10-6-5-9(15-17)11-12(10)14-8-4-2-1-3-7(8)13-11/h1-5H,6H2. The predicted molar refractivity (Wildman–Crippen MR) is 62.3 cm³/mol. The molecule has 0 N–H and O–H groups in total. The molecule has 1 aromatic heterocycles. The van der Waals surface area contributed by atoms with Crippen LogP contribution in [0.4, 0.5) is 0 Å². The summed E-state index contributed by atoms with van der Waals surface area (Å²) in [5.41, 5.74) is 2.01. The molecule has 0 unspecified atom stereocenters. The van der Waals surface area contributed by atoms with Crippen LogP contribution in [-0.2, 0) is 0 Å². The quantitative estimate of drug-likeness (QED) is 0.698. The first-order chi connectivity index (χ1) is 8.29. The van der Waals surface area contributed by atoms with Crippen molar-refractivity contribution in [3.05, 3.63) is 46.6 Å². The molecule has 1 aliphatic rings. The van der Waals surface area contributed by atoms with E-state index in [0.717, 1.165) is 0 Å². The lowest BCUT2D eigenvalue weighted by molar-refractivity contribution is 0.0989. The molecule has 82 valence electrons. The fourth-order valence-corrected chi connectivity index (χ4v) is 1.84. The maximum atomic E-state index is 11.7. The number of allylic oxidation sites excluding steroid dienone is 1. The van der Waals surface area contributed by atoms with Gasteiger partial charge in [-0.1, -0.05) is 12.1 Å². The van der Waals surface area contributed by atoms with Crippen molar-refractivity contribution in [3.63, 3.8) is 0 Å². The third-order valence-corrected chi connectivity index (χ3v) is 2.66. The van der Waals surface area contributed by atoms with Crippen molar-refractivity contribution in [1.82, 2.24) is 9.97 Å². The second-order valence-corrected chi connectivity index (χ2v) is 3.72. The van der Waals surface area contributed by atoms with Crippen LogP contribution in [0.25, 0.3) is 16.7 Å². The Kier molecular flexibility index (Phi) is 2.04. The van der Waals surface area contributed by atoms with Crippen LogP contribution in [0.1, 0.15) is 22.6 Å². The molecule has 17 heavy (non-hydrogen) atoms. The second-order valence-electron chi connectivity index (χ2n) is 3.72. The molecule has 5 heteroatoms. The average molecular weight is 225 g/mol. The Labute approximate surface area is 96.2 Å². The minimum Gasteiger partial charge on any atom is -0.292 e. The van der Waals surface area contributed by atoms with E-state index in [-0.39, 0.29) is 29.3 Å². The van der Waals surface area contributed by atoms with E-state index in [1.807, 2.05) is 12.1 Å². The highest BCUT2D eigenvalue weighted by molar-refractivity contribution is 6.03. The fourth-order valence-electron chi connectivity index (χ4n) is 1.84. The maximum Gasteiger partial charge on any atom is 0.187 e.